The third-order valence-electron chi connectivity index (χ3n) is 6.54. The Bertz CT molecular complexity index is 340. The van der Waals surface area contributed by atoms with E-state index in [-0.39, 0.29) is 0 Å². The van der Waals surface area contributed by atoms with E-state index in [2.05, 4.69) is 37.9 Å². The van der Waals surface area contributed by atoms with E-state index in [0.717, 1.165) is 23.8 Å². The Kier molecular flexibility index (Phi) is 4.66. The van der Waals surface area contributed by atoms with Gasteiger partial charge in [-0.25, -0.2) is 0 Å². The topological polar surface area (TPSA) is 15.3 Å². The summed E-state index contributed by atoms with van der Waals surface area (Å²) in [6.07, 6.45) is 10.8. The lowest BCUT2D eigenvalue weighted by Crippen LogP contribution is -2.54. The number of hydrogen-bond donors (Lipinski definition) is 1. The number of likely N-dealkylation sites (tertiary alicyclic amines) is 1. The number of hydrogen-bond acceptors (Lipinski definition) is 2. The van der Waals surface area contributed by atoms with Crippen molar-refractivity contribution >= 4 is 0 Å². The fourth-order valence-corrected chi connectivity index (χ4v) is 5.21. The Morgan fingerprint density at radius 1 is 1.05 bits per heavy atom. The highest BCUT2D eigenvalue weighted by atomic mass is 15.3. The van der Waals surface area contributed by atoms with Crippen LogP contribution in [0.2, 0.25) is 0 Å². The molecule has 0 amide bonds. The minimum absolute atomic E-state index is 0.410. The van der Waals surface area contributed by atoms with Crippen molar-refractivity contribution in [1.29, 1.82) is 0 Å². The highest BCUT2D eigenvalue weighted by Crippen LogP contribution is 2.44. The van der Waals surface area contributed by atoms with Gasteiger partial charge in [-0.05, 0) is 55.4 Å². The third kappa shape index (κ3) is 3.32. The van der Waals surface area contributed by atoms with Crippen LogP contribution in [0.3, 0.4) is 0 Å². The van der Waals surface area contributed by atoms with E-state index in [1.54, 1.807) is 0 Å². The zero-order valence-corrected chi connectivity index (χ0v) is 14.7. The van der Waals surface area contributed by atoms with Crippen molar-refractivity contribution in [3.63, 3.8) is 0 Å². The van der Waals surface area contributed by atoms with Gasteiger partial charge in [-0.1, -0.05) is 47.0 Å². The summed E-state index contributed by atoms with van der Waals surface area (Å²) in [5.41, 5.74) is 0.410. The van der Waals surface area contributed by atoms with Crippen LogP contribution in [0.15, 0.2) is 0 Å². The number of rotatable bonds is 2. The molecule has 0 aromatic rings. The monoisotopic (exact) mass is 292 g/mol. The molecule has 0 spiro atoms. The number of piperidine rings is 1. The van der Waals surface area contributed by atoms with Crippen LogP contribution in [0.1, 0.15) is 72.6 Å². The Labute approximate surface area is 132 Å². The molecule has 2 saturated heterocycles. The van der Waals surface area contributed by atoms with Gasteiger partial charge < -0.3 is 5.32 Å². The molecule has 122 valence electrons. The van der Waals surface area contributed by atoms with Gasteiger partial charge in [0, 0.05) is 12.6 Å². The lowest BCUT2D eigenvalue weighted by Gasteiger charge is -2.42. The van der Waals surface area contributed by atoms with Crippen molar-refractivity contribution in [2.75, 3.05) is 13.1 Å². The average Bonchev–Trinajstić information content (AvgIpc) is 2.80. The van der Waals surface area contributed by atoms with Gasteiger partial charge in [0.05, 0.1) is 6.17 Å². The highest BCUT2D eigenvalue weighted by Gasteiger charge is 2.48. The summed E-state index contributed by atoms with van der Waals surface area (Å²) in [6, 6.07) is 0.766. The third-order valence-corrected chi connectivity index (χ3v) is 6.54. The maximum absolute atomic E-state index is 3.88. The van der Waals surface area contributed by atoms with E-state index >= 15 is 0 Å². The fraction of sp³-hybridized carbons (Fsp3) is 1.00. The van der Waals surface area contributed by atoms with Crippen molar-refractivity contribution in [2.45, 2.75) is 84.8 Å². The van der Waals surface area contributed by atoms with Gasteiger partial charge in [0.15, 0.2) is 0 Å². The smallest absolute Gasteiger partial charge is 0.0632 e. The molecule has 0 aromatic carbocycles. The maximum atomic E-state index is 3.88. The van der Waals surface area contributed by atoms with E-state index in [4.69, 9.17) is 0 Å². The fourth-order valence-electron chi connectivity index (χ4n) is 5.21. The molecule has 4 atom stereocenters. The predicted molar refractivity (Wildman–Crippen MR) is 90.2 cm³/mol. The van der Waals surface area contributed by atoms with Crippen molar-refractivity contribution in [1.82, 2.24) is 10.2 Å². The van der Waals surface area contributed by atoms with Crippen LogP contribution in [-0.4, -0.2) is 30.2 Å². The second kappa shape index (κ2) is 6.20. The molecule has 0 bridgehead atoms. The zero-order chi connectivity index (χ0) is 15.0. The van der Waals surface area contributed by atoms with Crippen LogP contribution in [0.5, 0.6) is 0 Å². The summed E-state index contributed by atoms with van der Waals surface area (Å²) in [6.45, 7) is 12.4. The van der Waals surface area contributed by atoms with Gasteiger partial charge in [-0.2, -0.15) is 0 Å². The molecule has 0 radical (unpaired) electrons. The first kappa shape index (κ1) is 15.8. The Balaban J connectivity index is 1.75. The van der Waals surface area contributed by atoms with Crippen LogP contribution in [0.25, 0.3) is 0 Å². The molecule has 1 N–H and O–H groups in total. The van der Waals surface area contributed by atoms with Crippen molar-refractivity contribution in [3.05, 3.63) is 0 Å². The predicted octanol–water partition coefficient (Wildman–Crippen LogP) is 4.26. The summed E-state index contributed by atoms with van der Waals surface area (Å²) in [5.74, 6) is 2.74. The van der Waals surface area contributed by atoms with Crippen LogP contribution in [-0.2, 0) is 0 Å². The molecular formula is C19H36N2. The largest absolute Gasteiger partial charge is 0.301 e. The van der Waals surface area contributed by atoms with Gasteiger partial charge in [0.2, 0.25) is 0 Å². The van der Waals surface area contributed by atoms with E-state index in [0.29, 0.717) is 11.6 Å². The quantitative estimate of drug-likeness (QED) is 0.818. The van der Waals surface area contributed by atoms with Crippen LogP contribution >= 0.6 is 0 Å². The molecule has 2 heterocycles. The van der Waals surface area contributed by atoms with Gasteiger partial charge in [0.25, 0.3) is 0 Å². The van der Waals surface area contributed by atoms with Gasteiger partial charge >= 0.3 is 0 Å². The van der Waals surface area contributed by atoms with Crippen LogP contribution in [0.4, 0.5) is 0 Å². The lowest BCUT2D eigenvalue weighted by atomic mass is 9.79. The summed E-state index contributed by atoms with van der Waals surface area (Å²) in [4.78, 5) is 2.90. The second-order valence-electron chi connectivity index (χ2n) is 9.15. The number of nitrogens with one attached hydrogen (secondary N) is 1. The molecule has 0 aromatic heterocycles. The molecule has 3 rings (SSSR count). The molecule has 2 nitrogen and oxygen atoms in total. The molecule has 21 heavy (non-hydrogen) atoms. The molecule has 2 heteroatoms. The average molecular weight is 293 g/mol. The van der Waals surface area contributed by atoms with Crippen molar-refractivity contribution in [3.8, 4) is 0 Å². The minimum Gasteiger partial charge on any atom is -0.301 e. The summed E-state index contributed by atoms with van der Waals surface area (Å²) in [5, 5.41) is 3.88. The molecule has 1 aliphatic carbocycles. The highest BCUT2D eigenvalue weighted by molar-refractivity contribution is 5.01. The minimum atomic E-state index is 0.410. The standard InChI is InChI=1S/C19H36N2/c1-14-10-11-20-18-16(14)12-17(19(2,3)4)21(18)13-15-8-6-5-7-9-15/h14-18,20H,5-13H2,1-4H3. The van der Waals surface area contributed by atoms with E-state index < -0.39 is 0 Å². The van der Waals surface area contributed by atoms with Gasteiger partial charge in [0.1, 0.15) is 0 Å². The van der Waals surface area contributed by atoms with E-state index in [1.165, 1.54) is 58.0 Å². The van der Waals surface area contributed by atoms with Gasteiger partial charge in [-0.3, -0.25) is 4.90 Å². The van der Waals surface area contributed by atoms with Gasteiger partial charge in [-0.15, -0.1) is 0 Å². The number of fused-ring (bicyclic) bond motifs is 1. The van der Waals surface area contributed by atoms with Crippen molar-refractivity contribution in [2.24, 2.45) is 23.2 Å². The molecule has 1 saturated carbocycles. The first-order chi connectivity index (χ1) is 9.97. The summed E-state index contributed by atoms with van der Waals surface area (Å²) < 4.78 is 0. The number of nitrogens with zero attached hydrogens (tertiary/aromatic N) is 1. The normalized spacial score (nSPS) is 39.4. The second-order valence-corrected chi connectivity index (χ2v) is 9.15. The Morgan fingerprint density at radius 2 is 1.76 bits per heavy atom. The Hall–Kier alpha value is -0.0800. The van der Waals surface area contributed by atoms with Crippen LogP contribution in [0, 0.1) is 23.2 Å². The van der Waals surface area contributed by atoms with Crippen LogP contribution < -0.4 is 5.32 Å². The maximum Gasteiger partial charge on any atom is 0.0632 e. The lowest BCUT2D eigenvalue weighted by molar-refractivity contribution is 0.0516. The molecule has 2 aliphatic heterocycles. The zero-order valence-electron chi connectivity index (χ0n) is 14.7. The molecule has 4 unspecified atom stereocenters. The summed E-state index contributed by atoms with van der Waals surface area (Å²) in [7, 11) is 0. The van der Waals surface area contributed by atoms with E-state index in [1.807, 2.05) is 0 Å². The van der Waals surface area contributed by atoms with E-state index in [9.17, 15) is 0 Å². The SMILES string of the molecule is CC1CCNC2C1CC(C(C)(C)C)N2CC1CCCCC1. The Morgan fingerprint density at radius 3 is 2.43 bits per heavy atom. The van der Waals surface area contributed by atoms with Crippen molar-refractivity contribution < 1.29 is 0 Å². The molecular weight excluding hydrogens is 256 g/mol. The molecule has 3 aliphatic rings. The first-order valence-corrected chi connectivity index (χ1v) is 9.46. The molecule has 3 fully saturated rings. The summed E-state index contributed by atoms with van der Waals surface area (Å²) >= 11 is 0. The first-order valence-electron chi connectivity index (χ1n) is 9.46.